The van der Waals surface area contributed by atoms with E-state index in [9.17, 15) is 9.59 Å². The molecule has 1 aliphatic heterocycles. The van der Waals surface area contributed by atoms with E-state index in [2.05, 4.69) is 50.2 Å². The second kappa shape index (κ2) is 11.0. The molecule has 2 amide bonds. The quantitative estimate of drug-likeness (QED) is 0.328. The topological polar surface area (TPSA) is 46.6 Å². The van der Waals surface area contributed by atoms with Gasteiger partial charge in [0, 0.05) is 6.42 Å². The molecule has 0 saturated carbocycles. The van der Waals surface area contributed by atoms with Gasteiger partial charge in [0.25, 0.3) is 0 Å². The standard InChI is InChI=1S/C31H35NO3/c1-4-23(2)31(3)20-29(33)32(30(31)34)28(22-35-21-25-11-7-5-8-12-25)19-24-15-17-27(18-16-24)26-13-9-6-10-14-26/h5-18,23,28H,4,19-22H2,1-3H3/t23-,28?,31+/m0/s1. The predicted molar refractivity (Wildman–Crippen MR) is 139 cm³/mol. The highest BCUT2D eigenvalue weighted by Crippen LogP contribution is 2.42. The third-order valence-corrected chi connectivity index (χ3v) is 7.51. The second-order valence-corrected chi connectivity index (χ2v) is 9.89. The maximum absolute atomic E-state index is 13.6. The van der Waals surface area contributed by atoms with E-state index >= 15 is 0 Å². The number of hydrogen-bond acceptors (Lipinski definition) is 3. The van der Waals surface area contributed by atoms with Crippen LogP contribution < -0.4 is 0 Å². The zero-order valence-electron chi connectivity index (χ0n) is 20.9. The first-order valence-corrected chi connectivity index (χ1v) is 12.5. The number of imide groups is 1. The van der Waals surface area contributed by atoms with E-state index in [1.54, 1.807) is 0 Å². The van der Waals surface area contributed by atoms with Crippen molar-refractivity contribution in [1.29, 1.82) is 0 Å². The van der Waals surface area contributed by atoms with Gasteiger partial charge in [-0.1, -0.05) is 105 Å². The highest BCUT2D eigenvalue weighted by molar-refractivity contribution is 6.06. The zero-order chi connectivity index (χ0) is 24.8. The Labute approximate surface area is 208 Å². The van der Waals surface area contributed by atoms with Gasteiger partial charge in [-0.3, -0.25) is 14.5 Å². The number of nitrogens with zero attached hydrogens (tertiary/aromatic N) is 1. The fourth-order valence-electron chi connectivity index (χ4n) is 4.92. The van der Waals surface area contributed by atoms with Crippen molar-refractivity contribution < 1.29 is 14.3 Å². The number of carbonyl (C=O) groups excluding carboxylic acids is 2. The summed E-state index contributed by atoms with van der Waals surface area (Å²) in [6, 6.07) is 28.3. The molecule has 0 aliphatic carbocycles. The van der Waals surface area contributed by atoms with Crippen LogP contribution in [-0.2, 0) is 27.4 Å². The van der Waals surface area contributed by atoms with E-state index in [-0.39, 0.29) is 30.2 Å². The van der Waals surface area contributed by atoms with Crippen LogP contribution in [0, 0.1) is 11.3 Å². The number of rotatable bonds is 10. The van der Waals surface area contributed by atoms with Gasteiger partial charge in [-0.25, -0.2) is 0 Å². The SMILES string of the molecule is CC[C@H](C)[C@@]1(C)CC(=O)N(C(COCc2ccccc2)Cc2ccc(-c3ccccc3)cc2)C1=O. The van der Waals surface area contributed by atoms with E-state index in [1.807, 2.05) is 55.5 Å². The fourth-order valence-corrected chi connectivity index (χ4v) is 4.92. The maximum atomic E-state index is 13.6. The molecular formula is C31H35NO3. The molecule has 0 aromatic heterocycles. The van der Waals surface area contributed by atoms with Crippen LogP contribution >= 0.6 is 0 Å². The summed E-state index contributed by atoms with van der Waals surface area (Å²) < 4.78 is 6.07. The molecule has 4 rings (SSSR count). The minimum atomic E-state index is -0.652. The van der Waals surface area contributed by atoms with E-state index < -0.39 is 5.41 Å². The van der Waals surface area contributed by atoms with Crippen molar-refractivity contribution in [2.24, 2.45) is 11.3 Å². The Bertz CT molecular complexity index is 1130. The summed E-state index contributed by atoms with van der Waals surface area (Å²) in [6.07, 6.45) is 1.69. The van der Waals surface area contributed by atoms with E-state index in [1.165, 1.54) is 4.90 Å². The van der Waals surface area contributed by atoms with Crippen molar-refractivity contribution in [1.82, 2.24) is 4.90 Å². The van der Waals surface area contributed by atoms with Gasteiger partial charge >= 0.3 is 0 Å². The van der Waals surface area contributed by atoms with Crippen molar-refractivity contribution >= 4 is 11.8 Å². The first kappa shape index (κ1) is 24.9. The molecule has 1 heterocycles. The van der Waals surface area contributed by atoms with Gasteiger partial charge in [-0.2, -0.15) is 0 Å². The lowest BCUT2D eigenvalue weighted by Gasteiger charge is -2.31. The van der Waals surface area contributed by atoms with Crippen LogP contribution in [0.4, 0.5) is 0 Å². The average Bonchev–Trinajstić information content (AvgIpc) is 3.13. The van der Waals surface area contributed by atoms with Crippen LogP contribution in [0.25, 0.3) is 11.1 Å². The molecule has 0 N–H and O–H groups in total. The van der Waals surface area contributed by atoms with Gasteiger partial charge in [0.1, 0.15) is 0 Å². The maximum Gasteiger partial charge on any atom is 0.236 e. The Morgan fingerprint density at radius 2 is 1.46 bits per heavy atom. The largest absolute Gasteiger partial charge is 0.375 e. The lowest BCUT2D eigenvalue weighted by molar-refractivity contribution is -0.146. The normalized spacial score (nSPS) is 19.7. The molecule has 4 heteroatoms. The number of likely N-dealkylation sites (tertiary alicyclic amines) is 1. The van der Waals surface area contributed by atoms with Crippen LogP contribution in [0.5, 0.6) is 0 Å². The van der Waals surface area contributed by atoms with E-state index in [4.69, 9.17) is 4.74 Å². The Balaban J connectivity index is 1.54. The van der Waals surface area contributed by atoms with Gasteiger partial charge in [0.2, 0.25) is 11.8 Å². The van der Waals surface area contributed by atoms with Crippen molar-refractivity contribution in [3.05, 3.63) is 96.1 Å². The fraction of sp³-hybridized carbons (Fsp3) is 0.355. The third kappa shape index (κ3) is 5.54. The number of benzene rings is 3. The summed E-state index contributed by atoms with van der Waals surface area (Å²) in [5.41, 5.74) is 3.80. The summed E-state index contributed by atoms with van der Waals surface area (Å²) >= 11 is 0. The van der Waals surface area contributed by atoms with Crippen LogP contribution in [-0.4, -0.2) is 29.4 Å². The van der Waals surface area contributed by atoms with Crippen LogP contribution in [0.15, 0.2) is 84.9 Å². The van der Waals surface area contributed by atoms with Gasteiger partial charge < -0.3 is 4.74 Å². The molecule has 3 aromatic rings. The summed E-state index contributed by atoms with van der Waals surface area (Å²) in [5, 5.41) is 0. The molecule has 1 aliphatic rings. The van der Waals surface area contributed by atoms with Crippen molar-refractivity contribution in [3.63, 3.8) is 0 Å². The first-order valence-electron chi connectivity index (χ1n) is 12.5. The number of amides is 2. The summed E-state index contributed by atoms with van der Waals surface area (Å²) in [4.78, 5) is 28.3. The molecule has 1 unspecified atom stereocenters. The summed E-state index contributed by atoms with van der Waals surface area (Å²) in [6.45, 7) is 6.84. The minimum Gasteiger partial charge on any atom is -0.375 e. The highest BCUT2D eigenvalue weighted by Gasteiger charge is 2.52. The first-order chi connectivity index (χ1) is 16.9. The molecule has 3 aromatic carbocycles. The van der Waals surface area contributed by atoms with Crippen LogP contribution in [0.2, 0.25) is 0 Å². The third-order valence-electron chi connectivity index (χ3n) is 7.51. The molecule has 3 atom stereocenters. The number of hydrogen-bond donors (Lipinski definition) is 0. The minimum absolute atomic E-state index is 0.0638. The molecule has 1 saturated heterocycles. The summed E-state index contributed by atoms with van der Waals surface area (Å²) in [5.74, 6) is -0.0157. The highest BCUT2D eigenvalue weighted by atomic mass is 16.5. The molecule has 0 spiro atoms. The van der Waals surface area contributed by atoms with Crippen LogP contribution in [0.1, 0.15) is 44.7 Å². The van der Waals surface area contributed by atoms with E-state index in [0.717, 1.165) is 28.7 Å². The lowest BCUT2D eigenvalue weighted by Crippen LogP contribution is -2.46. The van der Waals surface area contributed by atoms with Gasteiger partial charge in [0.05, 0.1) is 24.7 Å². The average molecular weight is 470 g/mol. The number of ether oxygens (including phenoxy) is 1. The Hall–Kier alpha value is -3.24. The molecular weight excluding hydrogens is 434 g/mol. The lowest BCUT2D eigenvalue weighted by atomic mass is 9.75. The van der Waals surface area contributed by atoms with Crippen molar-refractivity contribution in [2.75, 3.05) is 6.61 Å². The monoisotopic (exact) mass is 469 g/mol. The molecule has 0 bridgehead atoms. The Morgan fingerprint density at radius 1 is 0.857 bits per heavy atom. The molecule has 4 nitrogen and oxygen atoms in total. The molecule has 182 valence electrons. The molecule has 35 heavy (non-hydrogen) atoms. The van der Waals surface area contributed by atoms with Crippen LogP contribution in [0.3, 0.4) is 0 Å². The molecule has 0 radical (unpaired) electrons. The predicted octanol–water partition coefficient (Wildman–Crippen LogP) is 6.29. The Kier molecular flexibility index (Phi) is 7.82. The van der Waals surface area contributed by atoms with Gasteiger partial charge in [0.15, 0.2) is 0 Å². The second-order valence-electron chi connectivity index (χ2n) is 9.89. The van der Waals surface area contributed by atoms with Crippen molar-refractivity contribution in [2.45, 2.75) is 52.7 Å². The van der Waals surface area contributed by atoms with Gasteiger partial charge in [-0.05, 0) is 41.5 Å². The molecule has 1 fully saturated rings. The van der Waals surface area contributed by atoms with E-state index in [0.29, 0.717) is 19.6 Å². The zero-order valence-corrected chi connectivity index (χ0v) is 20.9. The Morgan fingerprint density at radius 3 is 2.09 bits per heavy atom. The summed E-state index contributed by atoms with van der Waals surface area (Å²) in [7, 11) is 0. The number of carbonyl (C=O) groups is 2. The van der Waals surface area contributed by atoms with Gasteiger partial charge in [-0.15, -0.1) is 0 Å². The smallest absolute Gasteiger partial charge is 0.236 e. The van der Waals surface area contributed by atoms with Crippen molar-refractivity contribution in [3.8, 4) is 11.1 Å².